The Hall–Kier alpha value is -2.92. The molecule has 0 atom stereocenters. The van der Waals surface area contributed by atoms with Gasteiger partial charge in [0, 0.05) is 36.6 Å². The summed E-state index contributed by atoms with van der Waals surface area (Å²) in [6.45, 7) is 7.24. The molecule has 5 nitrogen and oxygen atoms in total. The minimum absolute atomic E-state index is 0.0579. The van der Waals surface area contributed by atoms with Gasteiger partial charge in [0.25, 0.3) is 5.91 Å². The van der Waals surface area contributed by atoms with Crippen LogP contribution in [0.15, 0.2) is 54.7 Å². The predicted molar refractivity (Wildman–Crippen MR) is 121 cm³/mol. The molecule has 30 heavy (non-hydrogen) atoms. The van der Waals surface area contributed by atoms with Crippen molar-refractivity contribution in [2.75, 3.05) is 18.4 Å². The number of carbonyl (C=O) groups is 1. The minimum Gasteiger partial charge on any atom is -0.322 e. The molecule has 0 aliphatic carbocycles. The summed E-state index contributed by atoms with van der Waals surface area (Å²) in [4.78, 5) is 15.1. The molecule has 3 aromatic rings. The van der Waals surface area contributed by atoms with Crippen molar-refractivity contribution in [2.24, 2.45) is 7.05 Å². The Labute approximate surface area is 178 Å². The van der Waals surface area contributed by atoms with Gasteiger partial charge in [0.05, 0.1) is 5.69 Å². The zero-order chi connectivity index (χ0) is 21.1. The van der Waals surface area contributed by atoms with Crippen molar-refractivity contribution >= 4 is 11.6 Å². The third kappa shape index (κ3) is 4.62. The van der Waals surface area contributed by atoms with E-state index in [4.69, 9.17) is 0 Å². The normalized spacial score (nSPS) is 15.3. The number of carbonyl (C=O) groups excluding carboxylic acids is 1. The van der Waals surface area contributed by atoms with Gasteiger partial charge in [-0.3, -0.25) is 14.4 Å². The van der Waals surface area contributed by atoms with Gasteiger partial charge >= 0.3 is 0 Å². The van der Waals surface area contributed by atoms with Gasteiger partial charge in [0.15, 0.2) is 0 Å². The topological polar surface area (TPSA) is 50.2 Å². The molecular formula is C25H30N4O. The Morgan fingerprint density at radius 2 is 1.77 bits per heavy atom. The van der Waals surface area contributed by atoms with E-state index in [2.05, 4.69) is 40.6 Å². The van der Waals surface area contributed by atoms with E-state index >= 15 is 0 Å². The molecule has 2 aromatic carbocycles. The molecule has 1 aliphatic heterocycles. The number of aromatic nitrogens is 2. The summed E-state index contributed by atoms with van der Waals surface area (Å²) < 4.78 is 1.90. The number of aryl methyl sites for hydroxylation is 3. The van der Waals surface area contributed by atoms with Crippen molar-refractivity contribution in [3.63, 3.8) is 0 Å². The van der Waals surface area contributed by atoms with Gasteiger partial charge < -0.3 is 5.32 Å². The van der Waals surface area contributed by atoms with E-state index in [1.165, 1.54) is 11.1 Å². The third-order valence-electron chi connectivity index (χ3n) is 6.13. The highest BCUT2D eigenvalue weighted by molar-refractivity contribution is 6.04. The van der Waals surface area contributed by atoms with Crippen LogP contribution in [-0.4, -0.2) is 33.7 Å². The van der Waals surface area contributed by atoms with E-state index in [1.54, 1.807) is 0 Å². The van der Waals surface area contributed by atoms with Gasteiger partial charge in [-0.1, -0.05) is 30.3 Å². The largest absolute Gasteiger partial charge is 0.322 e. The zero-order valence-corrected chi connectivity index (χ0v) is 18.1. The Bertz CT molecular complexity index is 1010. The molecule has 1 amide bonds. The van der Waals surface area contributed by atoms with E-state index in [-0.39, 0.29) is 5.91 Å². The molecule has 1 fully saturated rings. The highest BCUT2D eigenvalue weighted by atomic mass is 16.1. The summed E-state index contributed by atoms with van der Waals surface area (Å²) in [5.41, 5.74) is 6.41. The first-order valence-electron chi connectivity index (χ1n) is 10.7. The quantitative estimate of drug-likeness (QED) is 0.675. The molecule has 2 heterocycles. The molecule has 0 bridgehead atoms. The number of para-hydroxylation sites is 1. The molecule has 1 saturated heterocycles. The lowest BCUT2D eigenvalue weighted by molar-refractivity contribution is 0.102. The number of anilines is 1. The summed E-state index contributed by atoms with van der Waals surface area (Å²) in [6, 6.07) is 16.0. The summed E-state index contributed by atoms with van der Waals surface area (Å²) >= 11 is 0. The average molecular weight is 403 g/mol. The van der Waals surface area contributed by atoms with Gasteiger partial charge in [-0.15, -0.1) is 0 Å². The molecule has 1 aliphatic rings. The van der Waals surface area contributed by atoms with Gasteiger partial charge in [-0.05, 0) is 75.0 Å². The van der Waals surface area contributed by atoms with Crippen LogP contribution in [0.25, 0.3) is 0 Å². The van der Waals surface area contributed by atoms with E-state index in [9.17, 15) is 4.79 Å². The van der Waals surface area contributed by atoms with Crippen molar-refractivity contribution in [3.05, 3.63) is 82.7 Å². The predicted octanol–water partition coefficient (Wildman–Crippen LogP) is 4.67. The van der Waals surface area contributed by atoms with Crippen LogP contribution in [0.1, 0.15) is 51.5 Å². The van der Waals surface area contributed by atoms with Gasteiger partial charge in [0.2, 0.25) is 0 Å². The smallest absolute Gasteiger partial charge is 0.255 e. The first kappa shape index (κ1) is 20.4. The number of hydrogen-bond acceptors (Lipinski definition) is 3. The van der Waals surface area contributed by atoms with Crippen LogP contribution in [-0.2, 0) is 13.6 Å². The van der Waals surface area contributed by atoms with Crippen LogP contribution in [0.3, 0.4) is 0 Å². The van der Waals surface area contributed by atoms with Crippen molar-refractivity contribution in [2.45, 2.75) is 39.2 Å². The number of likely N-dealkylation sites (tertiary alicyclic amines) is 1. The number of hydrogen-bond donors (Lipinski definition) is 1. The van der Waals surface area contributed by atoms with E-state index in [0.29, 0.717) is 11.5 Å². The Morgan fingerprint density at radius 3 is 2.40 bits per heavy atom. The molecule has 4 rings (SSSR count). The Kier molecular flexibility index (Phi) is 6.00. The minimum atomic E-state index is -0.0579. The summed E-state index contributed by atoms with van der Waals surface area (Å²) in [6.07, 6.45) is 4.42. The van der Waals surface area contributed by atoms with Crippen molar-refractivity contribution < 1.29 is 4.79 Å². The maximum atomic E-state index is 12.6. The van der Waals surface area contributed by atoms with Crippen molar-refractivity contribution in [1.29, 1.82) is 0 Å². The fourth-order valence-electron chi connectivity index (χ4n) is 4.28. The lowest BCUT2D eigenvalue weighted by atomic mass is 9.89. The molecule has 1 N–H and O–H groups in total. The third-order valence-corrected chi connectivity index (χ3v) is 6.13. The second-order valence-electron chi connectivity index (χ2n) is 8.35. The highest BCUT2D eigenvalue weighted by Crippen LogP contribution is 2.29. The summed E-state index contributed by atoms with van der Waals surface area (Å²) in [5.74, 6) is 0.502. The average Bonchev–Trinajstić information content (AvgIpc) is 3.07. The molecule has 0 unspecified atom stereocenters. The number of rotatable bonds is 5. The van der Waals surface area contributed by atoms with Crippen LogP contribution in [0, 0.1) is 13.8 Å². The highest BCUT2D eigenvalue weighted by Gasteiger charge is 2.22. The summed E-state index contributed by atoms with van der Waals surface area (Å²) in [5, 5.41) is 7.46. The SMILES string of the molecule is Cc1ccccc1NC(=O)c1ccc(C2CCN(Cc3cn(C)nc3C)CC2)cc1. The van der Waals surface area contributed by atoms with E-state index in [1.807, 2.05) is 55.1 Å². The zero-order valence-electron chi connectivity index (χ0n) is 18.1. The molecule has 0 saturated carbocycles. The standard InChI is InChI=1S/C25H30N4O/c1-18-6-4-5-7-24(18)26-25(30)22-10-8-20(9-11-22)21-12-14-29(15-13-21)17-23-16-28(3)27-19(23)2/h4-11,16,21H,12-15,17H2,1-3H3,(H,26,30). The van der Waals surface area contributed by atoms with Crippen LogP contribution in [0.2, 0.25) is 0 Å². The molecular weight excluding hydrogens is 372 g/mol. The van der Waals surface area contributed by atoms with E-state index < -0.39 is 0 Å². The number of nitrogens with one attached hydrogen (secondary N) is 1. The monoisotopic (exact) mass is 402 g/mol. The van der Waals surface area contributed by atoms with E-state index in [0.717, 1.165) is 49.4 Å². The summed E-state index contributed by atoms with van der Waals surface area (Å²) in [7, 11) is 1.98. The lowest BCUT2D eigenvalue weighted by Gasteiger charge is -2.32. The molecule has 156 valence electrons. The second kappa shape index (κ2) is 8.84. The Morgan fingerprint density at radius 1 is 1.07 bits per heavy atom. The van der Waals surface area contributed by atoms with Crippen LogP contribution in [0.4, 0.5) is 5.69 Å². The number of benzene rings is 2. The molecule has 5 heteroatoms. The van der Waals surface area contributed by atoms with Gasteiger partial charge in [-0.2, -0.15) is 5.10 Å². The number of nitrogens with zero attached hydrogens (tertiary/aromatic N) is 3. The van der Waals surface area contributed by atoms with Crippen molar-refractivity contribution in [3.8, 4) is 0 Å². The Balaban J connectivity index is 1.33. The molecule has 0 spiro atoms. The number of amides is 1. The second-order valence-corrected chi connectivity index (χ2v) is 8.35. The lowest BCUT2D eigenvalue weighted by Crippen LogP contribution is -2.32. The van der Waals surface area contributed by atoms with Crippen LogP contribution in [0.5, 0.6) is 0 Å². The van der Waals surface area contributed by atoms with Crippen LogP contribution >= 0.6 is 0 Å². The maximum Gasteiger partial charge on any atom is 0.255 e. The fraction of sp³-hybridized carbons (Fsp3) is 0.360. The molecule has 0 radical (unpaired) electrons. The van der Waals surface area contributed by atoms with Gasteiger partial charge in [-0.25, -0.2) is 0 Å². The molecule has 1 aromatic heterocycles. The first-order valence-corrected chi connectivity index (χ1v) is 10.7. The van der Waals surface area contributed by atoms with Crippen LogP contribution < -0.4 is 5.32 Å². The van der Waals surface area contributed by atoms with Gasteiger partial charge in [0.1, 0.15) is 0 Å². The first-order chi connectivity index (χ1) is 14.5. The maximum absolute atomic E-state index is 12.6. The van der Waals surface area contributed by atoms with Crippen molar-refractivity contribution in [1.82, 2.24) is 14.7 Å². The fourth-order valence-corrected chi connectivity index (χ4v) is 4.28. The number of piperidine rings is 1.